The number of hydrogen-bond donors (Lipinski definition) is 1. The Kier molecular flexibility index (Phi) is 9.06. The molecule has 2 saturated heterocycles. The summed E-state index contributed by atoms with van der Waals surface area (Å²) in [7, 11) is 1.70. The van der Waals surface area contributed by atoms with Crippen molar-refractivity contribution in [1.29, 1.82) is 0 Å². The number of aliphatic hydroxyl groups is 1. The van der Waals surface area contributed by atoms with Crippen molar-refractivity contribution in [3.8, 4) is 5.75 Å². The lowest BCUT2D eigenvalue weighted by Crippen LogP contribution is -2.48. The second kappa shape index (κ2) is 12.7. The van der Waals surface area contributed by atoms with E-state index in [1.54, 1.807) is 7.11 Å². The van der Waals surface area contributed by atoms with Crippen LogP contribution in [0, 0.1) is 11.8 Å². The first-order valence-electron chi connectivity index (χ1n) is 14.8. The van der Waals surface area contributed by atoms with Gasteiger partial charge in [0.05, 0.1) is 13.7 Å². The number of hydrogen-bond acceptors (Lipinski definition) is 5. The molecule has 1 amide bonds. The summed E-state index contributed by atoms with van der Waals surface area (Å²) in [5.74, 6) is 1.28. The van der Waals surface area contributed by atoms with Gasteiger partial charge in [-0.2, -0.15) is 0 Å². The van der Waals surface area contributed by atoms with E-state index in [1.807, 2.05) is 53.4 Å². The molecule has 6 heteroatoms. The average molecular weight is 532 g/mol. The van der Waals surface area contributed by atoms with Crippen LogP contribution in [0.2, 0.25) is 0 Å². The molecule has 3 fully saturated rings. The Bertz CT molecular complexity index is 1080. The number of carbonyl (C=O) groups excluding carboxylic acids is 1. The molecule has 0 spiro atoms. The zero-order chi connectivity index (χ0) is 27.2. The fourth-order valence-corrected chi connectivity index (χ4v) is 7.02. The van der Waals surface area contributed by atoms with Crippen molar-refractivity contribution in [2.75, 3.05) is 46.4 Å². The maximum Gasteiger partial charge on any atom is 0.225 e. The number of carbonyl (C=O) groups is 1. The molecule has 0 radical (unpaired) electrons. The monoisotopic (exact) mass is 531 g/mol. The van der Waals surface area contributed by atoms with Crippen molar-refractivity contribution < 1.29 is 14.6 Å². The molecule has 1 aliphatic carbocycles. The normalized spacial score (nSPS) is 24.9. The Hall–Kier alpha value is -2.67. The molecule has 2 aromatic carbocycles. The fourth-order valence-electron chi connectivity index (χ4n) is 7.02. The van der Waals surface area contributed by atoms with E-state index in [-0.39, 0.29) is 17.7 Å². The Labute approximate surface area is 234 Å². The van der Waals surface area contributed by atoms with Crippen LogP contribution < -0.4 is 4.74 Å². The summed E-state index contributed by atoms with van der Waals surface area (Å²) in [5, 5.41) is 12.1. The van der Waals surface area contributed by atoms with Gasteiger partial charge in [-0.05, 0) is 62.0 Å². The van der Waals surface area contributed by atoms with Crippen molar-refractivity contribution >= 4 is 5.91 Å². The van der Waals surface area contributed by atoms with Gasteiger partial charge in [0.1, 0.15) is 11.4 Å². The van der Waals surface area contributed by atoms with E-state index in [9.17, 15) is 9.90 Å². The number of ether oxygens (including phenoxy) is 1. The lowest BCUT2D eigenvalue weighted by Gasteiger charge is -2.40. The number of nitrogens with zero attached hydrogens (tertiary/aromatic N) is 3. The van der Waals surface area contributed by atoms with Gasteiger partial charge in [0.2, 0.25) is 5.91 Å². The molecule has 39 heavy (non-hydrogen) atoms. The van der Waals surface area contributed by atoms with Crippen LogP contribution in [0.3, 0.4) is 0 Å². The third-order valence-corrected chi connectivity index (χ3v) is 9.30. The van der Waals surface area contributed by atoms with Crippen LogP contribution in [-0.4, -0.2) is 78.1 Å². The second-order valence-corrected chi connectivity index (χ2v) is 11.8. The molecule has 2 heterocycles. The van der Waals surface area contributed by atoms with Crippen LogP contribution in [0.4, 0.5) is 0 Å². The van der Waals surface area contributed by atoms with Crippen LogP contribution in [0.5, 0.6) is 5.75 Å². The molecule has 0 unspecified atom stereocenters. The quantitative estimate of drug-likeness (QED) is 0.451. The summed E-state index contributed by atoms with van der Waals surface area (Å²) < 4.78 is 5.32. The van der Waals surface area contributed by atoms with Gasteiger partial charge in [-0.1, -0.05) is 61.4 Å². The summed E-state index contributed by atoms with van der Waals surface area (Å²) in [6.07, 6.45) is 8.46. The molecule has 2 aliphatic heterocycles. The lowest BCUT2D eigenvalue weighted by molar-refractivity contribution is -0.135. The van der Waals surface area contributed by atoms with Crippen LogP contribution in [0.25, 0.3) is 0 Å². The molecule has 0 bridgehead atoms. The largest absolute Gasteiger partial charge is 0.497 e. The predicted octanol–water partition coefficient (Wildman–Crippen LogP) is 4.68. The molecule has 2 aromatic rings. The smallest absolute Gasteiger partial charge is 0.225 e. The predicted molar refractivity (Wildman–Crippen MR) is 155 cm³/mol. The number of likely N-dealkylation sites (tertiary alicyclic amines) is 2. The third-order valence-electron chi connectivity index (χ3n) is 9.30. The second-order valence-electron chi connectivity index (χ2n) is 11.8. The van der Waals surface area contributed by atoms with E-state index in [1.165, 1.54) is 5.56 Å². The number of benzene rings is 2. The molecular formula is C33H45N3O3. The van der Waals surface area contributed by atoms with E-state index in [0.29, 0.717) is 19.1 Å². The highest BCUT2D eigenvalue weighted by atomic mass is 16.5. The first-order valence-corrected chi connectivity index (χ1v) is 14.8. The van der Waals surface area contributed by atoms with E-state index in [2.05, 4.69) is 28.5 Å². The molecule has 1 saturated carbocycles. The molecule has 2 atom stereocenters. The Balaban J connectivity index is 1.23. The topological polar surface area (TPSA) is 56.2 Å². The number of β-amino-alcohol motifs (C(OH)–C–C–N with tert-alkyl or cyclic N) is 1. The number of amides is 1. The highest BCUT2D eigenvalue weighted by molar-refractivity contribution is 5.79. The molecule has 5 rings (SSSR count). The van der Waals surface area contributed by atoms with Crippen molar-refractivity contribution in [2.24, 2.45) is 11.8 Å². The van der Waals surface area contributed by atoms with Gasteiger partial charge in [-0.15, -0.1) is 6.58 Å². The molecule has 1 N–H and O–H groups in total. The van der Waals surface area contributed by atoms with Crippen molar-refractivity contribution in [3.63, 3.8) is 0 Å². The van der Waals surface area contributed by atoms with Gasteiger partial charge in [0.25, 0.3) is 0 Å². The van der Waals surface area contributed by atoms with Crippen LogP contribution in [-0.2, 0) is 16.9 Å². The molecular weight excluding hydrogens is 486 g/mol. The minimum Gasteiger partial charge on any atom is -0.497 e. The highest BCUT2D eigenvalue weighted by Gasteiger charge is 2.49. The van der Waals surface area contributed by atoms with E-state index in [0.717, 1.165) is 82.6 Å². The van der Waals surface area contributed by atoms with Gasteiger partial charge in [0.15, 0.2) is 0 Å². The molecule has 210 valence electrons. The van der Waals surface area contributed by atoms with Gasteiger partial charge < -0.3 is 19.6 Å². The van der Waals surface area contributed by atoms with Gasteiger partial charge in [-0.3, -0.25) is 9.69 Å². The Morgan fingerprint density at radius 1 is 1.08 bits per heavy atom. The first-order chi connectivity index (χ1) is 19.0. The van der Waals surface area contributed by atoms with Crippen molar-refractivity contribution in [1.82, 2.24) is 14.7 Å². The molecule has 3 aliphatic rings. The van der Waals surface area contributed by atoms with E-state index < -0.39 is 5.60 Å². The minimum absolute atomic E-state index is 0.00498. The van der Waals surface area contributed by atoms with Gasteiger partial charge in [0, 0.05) is 44.1 Å². The van der Waals surface area contributed by atoms with Gasteiger partial charge >= 0.3 is 0 Å². The average Bonchev–Trinajstić information content (AvgIpc) is 3.63. The summed E-state index contributed by atoms with van der Waals surface area (Å²) in [6, 6.07) is 18.9. The van der Waals surface area contributed by atoms with E-state index >= 15 is 0 Å². The SMILES string of the molecule is C=CCN(Cc1ccc(OC)cc1)C1CCN(C[C@H]2CN(C(=O)C3CCCC3)C[C@]2(O)c2ccccc2)CC1. The number of piperidine rings is 1. The van der Waals surface area contributed by atoms with Crippen LogP contribution in [0.15, 0.2) is 67.3 Å². The zero-order valence-corrected chi connectivity index (χ0v) is 23.5. The summed E-state index contributed by atoms with van der Waals surface area (Å²) in [4.78, 5) is 20.4. The zero-order valence-electron chi connectivity index (χ0n) is 23.5. The minimum atomic E-state index is -1.00. The summed E-state index contributed by atoms with van der Waals surface area (Å²) >= 11 is 0. The van der Waals surface area contributed by atoms with E-state index in [4.69, 9.17) is 4.74 Å². The lowest BCUT2D eigenvalue weighted by atomic mass is 9.83. The number of methoxy groups -OCH3 is 1. The molecule has 6 nitrogen and oxygen atoms in total. The van der Waals surface area contributed by atoms with Gasteiger partial charge in [-0.25, -0.2) is 0 Å². The summed E-state index contributed by atoms with van der Waals surface area (Å²) in [6.45, 7) is 9.63. The fraction of sp³-hybridized carbons (Fsp3) is 0.545. The standard InChI is InChI=1S/C33H45N3O3/c1-3-19-35(22-26-13-15-31(39-2)16-14-26)30-17-20-34(21-18-30)23-29-24-36(32(37)27-9-7-8-10-27)25-33(29,38)28-11-5-4-6-12-28/h3-6,11-16,27,29-30,38H,1,7-10,17-25H2,2H3/t29-,33-/m0/s1. The van der Waals surface area contributed by atoms with Crippen molar-refractivity contribution in [2.45, 2.75) is 56.7 Å². The maximum absolute atomic E-state index is 13.4. The third kappa shape index (κ3) is 6.40. The van der Waals surface area contributed by atoms with Crippen LogP contribution >= 0.6 is 0 Å². The molecule has 0 aromatic heterocycles. The summed E-state index contributed by atoms with van der Waals surface area (Å²) in [5.41, 5.74) is 1.21. The highest BCUT2D eigenvalue weighted by Crippen LogP contribution is 2.40. The maximum atomic E-state index is 13.4. The number of rotatable bonds is 10. The van der Waals surface area contributed by atoms with Crippen LogP contribution in [0.1, 0.15) is 49.7 Å². The first kappa shape index (κ1) is 27.9. The Morgan fingerprint density at radius 2 is 1.77 bits per heavy atom. The Morgan fingerprint density at radius 3 is 2.41 bits per heavy atom. The van der Waals surface area contributed by atoms with Crippen molar-refractivity contribution in [3.05, 3.63) is 78.4 Å².